The first-order valence-electron chi connectivity index (χ1n) is 10.6. The van der Waals surface area contributed by atoms with Crippen molar-refractivity contribution < 1.29 is 47.6 Å². The lowest BCUT2D eigenvalue weighted by molar-refractivity contribution is -0.280. The van der Waals surface area contributed by atoms with Crippen LogP contribution in [0.25, 0.3) is 0 Å². The van der Waals surface area contributed by atoms with E-state index in [0.29, 0.717) is 0 Å². The average Bonchev–Trinajstić information content (AvgIpc) is 2.78. The van der Waals surface area contributed by atoms with Crippen LogP contribution >= 0.6 is 34.8 Å². The first kappa shape index (κ1) is 29.9. The Balaban J connectivity index is 2.38. The number of carbonyl (C=O) groups is 4. The normalized spacial score (nSPS) is 23.8. The maximum atomic E-state index is 12.5. The number of halogens is 3. The molecule has 1 saturated heterocycles. The van der Waals surface area contributed by atoms with E-state index in [1.54, 1.807) is 24.3 Å². The van der Waals surface area contributed by atoms with Gasteiger partial charge in [0.05, 0.1) is 6.61 Å². The van der Waals surface area contributed by atoms with Crippen molar-refractivity contribution in [3.63, 3.8) is 0 Å². The second-order valence-corrected chi connectivity index (χ2v) is 10.2. The zero-order chi connectivity index (χ0) is 26.9. The Morgan fingerprint density at radius 1 is 0.917 bits per heavy atom. The molecule has 0 unspecified atom stereocenters. The molecular formula is C22H26Cl3NO10. The van der Waals surface area contributed by atoms with Crippen LogP contribution in [0.3, 0.4) is 0 Å². The number of rotatable bonds is 9. The smallest absolute Gasteiger partial charge is 0.407 e. The van der Waals surface area contributed by atoms with E-state index < -0.39 is 65.0 Å². The summed E-state index contributed by atoms with van der Waals surface area (Å²) in [7, 11) is 0. The molecule has 0 radical (unpaired) electrons. The minimum atomic E-state index is -1.88. The van der Waals surface area contributed by atoms with Gasteiger partial charge in [-0.05, 0) is 5.56 Å². The molecule has 1 amide bonds. The number of ether oxygens (including phenoxy) is 6. The highest BCUT2D eigenvalue weighted by Gasteiger charge is 2.51. The van der Waals surface area contributed by atoms with Crippen LogP contribution in [0.5, 0.6) is 0 Å². The third-order valence-corrected chi connectivity index (χ3v) is 4.94. The molecule has 0 spiro atoms. The molecule has 0 bridgehead atoms. The lowest BCUT2D eigenvalue weighted by atomic mass is 9.96. The van der Waals surface area contributed by atoms with Gasteiger partial charge in [0.15, 0.2) is 18.5 Å². The van der Waals surface area contributed by atoms with Crippen LogP contribution in [0.2, 0.25) is 0 Å². The third kappa shape index (κ3) is 10.4. The topological polar surface area (TPSA) is 136 Å². The molecular weight excluding hydrogens is 545 g/mol. The molecule has 1 aliphatic rings. The van der Waals surface area contributed by atoms with Crippen LogP contribution in [0.4, 0.5) is 4.79 Å². The van der Waals surface area contributed by atoms with Crippen molar-refractivity contribution in [2.24, 2.45) is 0 Å². The Kier molecular flexibility index (Phi) is 11.5. The van der Waals surface area contributed by atoms with Crippen LogP contribution in [0.1, 0.15) is 26.3 Å². The minimum absolute atomic E-state index is 0.0260. The van der Waals surface area contributed by atoms with Gasteiger partial charge in [-0.15, -0.1) is 0 Å². The number of carbonyl (C=O) groups excluding carboxylic acids is 4. The predicted molar refractivity (Wildman–Crippen MR) is 126 cm³/mol. The van der Waals surface area contributed by atoms with Crippen molar-refractivity contribution in [2.45, 2.75) is 61.8 Å². The number of alkyl halides is 3. The summed E-state index contributed by atoms with van der Waals surface area (Å²) in [5.41, 5.74) is 0.765. The molecule has 36 heavy (non-hydrogen) atoms. The van der Waals surface area contributed by atoms with Gasteiger partial charge in [0.2, 0.25) is 3.79 Å². The Hall–Kier alpha value is -2.31. The first-order chi connectivity index (χ1) is 16.9. The Morgan fingerprint density at radius 2 is 1.53 bits per heavy atom. The number of hydrogen-bond acceptors (Lipinski definition) is 10. The molecule has 2 rings (SSSR count). The van der Waals surface area contributed by atoms with Crippen LogP contribution in [0, 0.1) is 0 Å². The predicted octanol–water partition coefficient (Wildman–Crippen LogP) is 2.82. The molecule has 0 saturated carbocycles. The SMILES string of the molecule is CC(=O)OC[C@H]1O[C@H](OCc2ccccc2)[C@H](NC(=O)OCC(Cl)(Cl)Cl)[C@@H](OC(C)=O)[C@@H]1OC(C)=O. The summed E-state index contributed by atoms with van der Waals surface area (Å²) in [6.45, 7) is 2.51. The zero-order valence-electron chi connectivity index (χ0n) is 19.6. The molecule has 1 N–H and O–H groups in total. The maximum Gasteiger partial charge on any atom is 0.407 e. The van der Waals surface area contributed by atoms with Crippen LogP contribution < -0.4 is 5.32 Å². The van der Waals surface area contributed by atoms with Crippen LogP contribution in [0.15, 0.2) is 30.3 Å². The van der Waals surface area contributed by atoms with Gasteiger partial charge in [0.25, 0.3) is 0 Å². The van der Waals surface area contributed by atoms with E-state index in [4.69, 9.17) is 63.2 Å². The largest absolute Gasteiger partial charge is 0.463 e. The fraction of sp³-hybridized carbons (Fsp3) is 0.545. The van der Waals surface area contributed by atoms with Crippen molar-refractivity contribution in [3.8, 4) is 0 Å². The van der Waals surface area contributed by atoms with E-state index in [2.05, 4.69) is 5.32 Å². The highest BCUT2D eigenvalue weighted by atomic mass is 35.6. The lowest BCUT2D eigenvalue weighted by Crippen LogP contribution is -2.66. The zero-order valence-corrected chi connectivity index (χ0v) is 21.9. The van der Waals surface area contributed by atoms with E-state index >= 15 is 0 Å². The summed E-state index contributed by atoms with van der Waals surface area (Å²) in [6.07, 6.45) is -6.07. The first-order valence-corrected chi connectivity index (χ1v) is 11.8. The van der Waals surface area contributed by atoms with Gasteiger partial charge in [0, 0.05) is 20.8 Å². The molecule has 11 nitrogen and oxygen atoms in total. The molecule has 1 aromatic rings. The standard InChI is InChI=1S/C22H26Cl3NO10/c1-12(27)31-10-16-18(34-13(2)28)19(35-14(3)29)17(26-21(30)33-11-22(23,24)25)20(36-16)32-9-15-7-5-4-6-8-15/h4-8,16-20H,9-11H2,1-3H3,(H,26,30)/t16-,17-,18-,19-,20+/m1/s1. The van der Waals surface area contributed by atoms with Gasteiger partial charge in [-0.2, -0.15) is 0 Å². The number of amides is 1. The highest BCUT2D eigenvalue weighted by molar-refractivity contribution is 6.67. The summed E-state index contributed by atoms with van der Waals surface area (Å²) in [4.78, 5) is 47.7. The van der Waals surface area contributed by atoms with Gasteiger partial charge in [-0.25, -0.2) is 4.79 Å². The van der Waals surface area contributed by atoms with Crippen LogP contribution in [-0.4, -0.2) is 71.7 Å². The Labute approximate surface area is 222 Å². The van der Waals surface area contributed by atoms with E-state index in [9.17, 15) is 19.2 Å². The summed E-state index contributed by atoms with van der Waals surface area (Å²) in [5, 5.41) is 2.46. The molecule has 14 heteroatoms. The molecule has 5 atom stereocenters. The molecule has 1 aliphatic heterocycles. The van der Waals surface area contributed by atoms with Crippen molar-refractivity contribution >= 4 is 58.8 Å². The number of alkyl carbamates (subject to hydrolysis) is 1. The number of esters is 3. The molecule has 1 heterocycles. The summed E-state index contributed by atoms with van der Waals surface area (Å²) >= 11 is 16.9. The van der Waals surface area contributed by atoms with Gasteiger partial charge in [0.1, 0.15) is 25.4 Å². The number of hydrogen-bond donors (Lipinski definition) is 1. The van der Waals surface area contributed by atoms with Gasteiger partial charge >= 0.3 is 24.0 Å². The van der Waals surface area contributed by atoms with Gasteiger partial charge < -0.3 is 33.7 Å². The second kappa shape index (κ2) is 13.8. The van der Waals surface area contributed by atoms with Crippen molar-refractivity contribution in [1.82, 2.24) is 5.32 Å². The maximum absolute atomic E-state index is 12.5. The molecule has 1 aromatic carbocycles. The van der Waals surface area contributed by atoms with E-state index in [0.717, 1.165) is 19.4 Å². The molecule has 0 aromatic heterocycles. The second-order valence-electron chi connectivity index (χ2n) is 7.65. The lowest BCUT2D eigenvalue weighted by Gasteiger charge is -2.44. The van der Waals surface area contributed by atoms with Crippen LogP contribution in [-0.2, 0) is 49.4 Å². The number of benzene rings is 1. The monoisotopic (exact) mass is 569 g/mol. The Bertz CT molecular complexity index is 911. The van der Waals surface area contributed by atoms with Crippen molar-refractivity contribution in [2.75, 3.05) is 13.2 Å². The van der Waals surface area contributed by atoms with E-state index in [1.165, 1.54) is 6.92 Å². The summed E-state index contributed by atoms with van der Waals surface area (Å²) in [6, 6.07) is 7.75. The fourth-order valence-electron chi connectivity index (χ4n) is 3.28. The van der Waals surface area contributed by atoms with E-state index in [-0.39, 0.29) is 13.2 Å². The highest BCUT2D eigenvalue weighted by Crippen LogP contribution is 2.29. The van der Waals surface area contributed by atoms with Crippen molar-refractivity contribution in [1.29, 1.82) is 0 Å². The fourth-order valence-corrected chi connectivity index (χ4v) is 3.44. The Morgan fingerprint density at radius 3 is 2.08 bits per heavy atom. The quantitative estimate of drug-likeness (QED) is 0.268. The van der Waals surface area contributed by atoms with Crippen molar-refractivity contribution in [3.05, 3.63) is 35.9 Å². The van der Waals surface area contributed by atoms with E-state index in [1.807, 2.05) is 6.07 Å². The minimum Gasteiger partial charge on any atom is -0.463 e. The number of nitrogens with one attached hydrogen (secondary N) is 1. The summed E-state index contributed by atoms with van der Waals surface area (Å²) in [5.74, 6) is -2.12. The third-order valence-electron chi connectivity index (χ3n) is 4.61. The molecule has 0 aliphatic carbocycles. The van der Waals surface area contributed by atoms with Gasteiger partial charge in [-0.3, -0.25) is 14.4 Å². The molecule has 200 valence electrons. The molecule has 1 fully saturated rings. The van der Waals surface area contributed by atoms with Gasteiger partial charge in [-0.1, -0.05) is 65.1 Å². The average molecular weight is 571 g/mol. The summed E-state index contributed by atoms with van der Waals surface area (Å²) < 4.78 is 30.7.